The molecule has 0 aromatic heterocycles. The minimum absolute atomic E-state index is 0.243. The maximum Gasteiger partial charge on any atom is 0.225 e. The number of nitrogens with zero attached hydrogens (tertiary/aromatic N) is 1. The van der Waals surface area contributed by atoms with Crippen molar-refractivity contribution in [1.82, 2.24) is 4.90 Å². The van der Waals surface area contributed by atoms with Gasteiger partial charge in [0.05, 0.1) is 5.60 Å². The van der Waals surface area contributed by atoms with Crippen LogP contribution in [0.1, 0.15) is 44.9 Å². The van der Waals surface area contributed by atoms with E-state index in [0.717, 1.165) is 12.8 Å². The highest BCUT2D eigenvalue weighted by atomic mass is 16.3. The van der Waals surface area contributed by atoms with E-state index in [1.54, 1.807) is 0 Å². The first-order valence-electron chi connectivity index (χ1n) is 6.86. The van der Waals surface area contributed by atoms with Gasteiger partial charge in [0.2, 0.25) is 5.91 Å². The molecule has 2 aliphatic rings. The fourth-order valence-corrected chi connectivity index (χ4v) is 2.96. The molecule has 1 aliphatic carbocycles. The van der Waals surface area contributed by atoms with E-state index >= 15 is 0 Å². The topological polar surface area (TPSA) is 66.6 Å². The second-order valence-electron chi connectivity index (χ2n) is 5.59. The van der Waals surface area contributed by atoms with E-state index in [1.165, 1.54) is 19.3 Å². The normalized spacial score (nSPS) is 25.9. The number of piperidine rings is 1. The molecule has 0 atom stereocenters. The van der Waals surface area contributed by atoms with Gasteiger partial charge in [-0.05, 0) is 25.7 Å². The van der Waals surface area contributed by atoms with Gasteiger partial charge in [-0.1, -0.05) is 19.3 Å². The maximum atomic E-state index is 12.3. The van der Waals surface area contributed by atoms with Gasteiger partial charge in [0.25, 0.3) is 0 Å². The fourth-order valence-electron chi connectivity index (χ4n) is 2.96. The molecule has 1 saturated carbocycles. The van der Waals surface area contributed by atoms with Gasteiger partial charge in [0, 0.05) is 25.6 Å². The molecule has 4 heteroatoms. The minimum atomic E-state index is -0.733. The van der Waals surface area contributed by atoms with Gasteiger partial charge in [0.15, 0.2) is 0 Å². The Morgan fingerprint density at radius 2 is 1.82 bits per heavy atom. The first-order chi connectivity index (χ1) is 8.14. The zero-order chi connectivity index (χ0) is 12.3. The first-order valence-corrected chi connectivity index (χ1v) is 6.86. The highest BCUT2D eigenvalue weighted by Gasteiger charge is 2.34. The first kappa shape index (κ1) is 12.8. The summed E-state index contributed by atoms with van der Waals surface area (Å²) in [6.45, 7) is 1.64. The Morgan fingerprint density at radius 3 is 2.35 bits per heavy atom. The van der Waals surface area contributed by atoms with Crippen LogP contribution in [0.3, 0.4) is 0 Å². The largest absolute Gasteiger partial charge is 0.388 e. The third kappa shape index (κ3) is 2.99. The van der Waals surface area contributed by atoms with Crippen molar-refractivity contribution in [3.63, 3.8) is 0 Å². The second kappa shape index (κ2) is 5.36. The molecule has 1 aliphatic heterocycles. The number of aliphatic hydroxyl groups is 1. The third-order valence-electron chi connectivity index (χ3n) is 4.34. The van der Waals surface area contributed by atoms with Crippen LogP contribution in [0, 0.1) is 5.92 Å². The van der Waals surface area contributed by atoms with Crippen LogP contribution in [-0.4, -0.2) is 41.1 Å². The molecule has 2 fully saturated rings. The van der Waals surface area contributed by atoms with Crippen LogP contribution in [0.5, 0.6) is 0 Å². The molecule has 1 amide bonds. The molecular weight excluding hydrogens is 216 g/mol. The van der Waals surface area contributed by atoms with Gasteiger partial charge in [-0.3, -0.25) is 4.79 Å². The van der Waals surface area contributed by atoms with Crippen LogP contribution in [0.25, 0.3) is 0 Å². The average molecular weight is 240 g/mol. The Labute approximate surface area is 103 Å². The molecule has 4 nitrogen and oxygen atoms in total. The monoisotopic (exact) mass is 240 g/mol. The van der Waals surface area contributed by atoms with E-state index < -0.39 is 5.60 Å². The summed E-state index contributed by atoms with van der Waals surface area (Å²) in [6.07, 6.45) is 7.02. The summed E-state index contributed by atoms with van der Waals surface area (Å²) in [6, 6.07) is 0. The highest BCUT2D eigenvalue weighted by molar-refractivity contribution is 5.79. The molecule has 1 heterocycles. The molecule has 0 aromatic carbocycles. The summed E-state index contributed by atoms with van der Waals surface area (Å²) in [4.78, 5) is 14.2. The molecule has 0 spiro atoms. The lowest BCUT2D eigenvalue weighted by molar-refractivity contribution is -0.140. The lowest BCUT2D eigenvalue weighted by atomic mass is 9.86. The van der Waals surface area contributed by atoms with E-state index in [0.29, 0.717) is 38.4 Å². The lowest BCUT2D eigenvalue weighted by Gasteiger charge is -2.39. The van der Waals surface area contributed by atoms with Crippen LogP contribution < -0.4 is 5.73 Å². The van der Waals surface area contributed by atoms with Gasteiger partial charge >= 0.3 is 0 Å². The van der Waals surface area contributed by atoms with Crippen LogP contribution in [0.2, 0.25) is 0 Å². The van der Waals surface area contributed by atoms with E-state index in [-0.39, 0.29) is 5.92 Å². The summed E-state index contributed by atoms with van der Waals surface area (Å²) in [7, 11) is 0. The van der Waals surface area contributed by atoms with Crippen LogP contribution in [0.4, 0.5) is 0 Å². The van der Waals surface area contributed by atoms with Crippen molar-refractivity contribution in [2.75, 3.05) is 19.6 Å². The lowest BCUT2D eigenvalue weighted by Crippen LogP contribution is -2.51. The third-order valence-corrected chi connectivity index (χ3v) is 4.34. The van der Waals surface area contributed by atoms with Crippen molar-refractivity contribution in [2.45, 2.75) is 50.5 Å². The Balaban J connectivity index is 1.85. The van der Waals surface area contributed by atoms with Crippen molar-refractivity contribution >= 4 is 5.91 Å². The number of nitrogens with two attached hydrogens (primary N) is 1. The van der Waals surface area contributed by atoms with E-state index in [1.807, 2.05) is 4.90 Å². The maximum absolute atomic E-state index is 12.3. The van der Waals surface area contributed by atoms with Crippen molar-refractivity contribution < 1.29 is 9.90 Å². The summed E-state index contributed by atoms with van der Waals surface area (Å²) in [5, 5.41) is 10.0. The quantitative estimate of drug-likeness (QED) is 0.753. The van der Waals surface area contributed by atoms with Crippen LogP contribution in [0.15, 0.2) is 0 Å². The van der Waals surface area contributed by atoms with E-state index in [2.05, 4.69) is 0 Å². The molecule has 0 bridgehead atoms. The SMILES string of the molecule is NCC1(O)CCN(C(=O)C2CCCCC2)CC1. The molecule has 2 rings (SSSR count). The Bertz CT molecular complexity index is 267. The Morgan fingerprint density at radius 1 is 1.24 bits per heavy atom. The molecule has 98 valence electrons. The molecule has 0 aromatic rings. The van der Waals surface area contributed by atoms with Gasteiger partial charge < -0.3 is 15.7 Å². The number of likely N-dealkylation sites (tertiary alicyclic amines) is 1. The molecule has 1 saturated heterocycles. The minimum Gasteiger partial charge on any atom is -0.388 e. The molecular formula is C13H24N2O2. The predicted molar refractivity (Wildman–Crippen MR) is 66.4 cm³/mol. The van der Waals surface area contributed by atoms with Gasteiger partial charge in [-0.25, -0.2) is 0 Å². The standard InChI is InChI=1S/C13H24N2O2/c14-10-13(17)6-8-15(9-7-13)12(16)11-4-2-1-3-5-11/h11,17H,1-10,14H2. The number of carbonyl (C=O) groups is 1. The zero-order valence-corrected chi connectivity index (χ0v) is 10.5. The number of carbonyl (C=O) groups excluding carboxylic acids is 1. The smallest absolute Gasteiger partial charge is 0.225 e. The number of rotatable bonds is 2. The van der Waals surface area contributed by atoms with Crippen molar-refractivity contribution in [2.24, 2.45) is 11.7 Å². The van der Waals surface area contributed by atoms with E-state index in [4.69, 9.17) is 5.73 Å². The Kier molecular flexibility index (Phi) is 4.05. The van der Waals surface area contributed by atoms with Crippen molar-refractivity contribution in [3.05, 3.63) is 0 Å². The van der Waals surface area contributed by atoms with Crippen LogP contribution in [-0.2, 0) is 4.79 Å². The average Bonchev–Trinajstić information content (AvgIpc) is 2.40. The summed E-state index contributed by atoms with van der Waals surface area (Å²) < 4.78 is 0. The summed E-state index contributed by atoms with van der Waals surface area (Å²) >= 11 is 0. The zero-order valence-electron chi connectivity index (χ0n) is 10.5. The van der Waals surface area contributed by atoms with Crippen molar-refractivity contribution in [1.29, 1.82) is 0 Å². The number of amides is 1. The predicted octanol–water partition coefficient (Wildman–Crippen LogP) is 0.879. The van der Waals surface area contributed by atoms with Gasteiger partial charge in [-0.2, -0.15) is 0 Å². The Hall–Kier alpha value is -0.610. The second-order valence-corrected chi connectivity index (χ2v) is 5.59. The number of hydrogen-bond donors (Lipinski definition) is 2. The summed E-state index contributed by atoms with van der Waals surface area (Å²) in [5.41, 5.74) is 4.82. The number of hydrogen-bond acceptors (Lipinski definition) is 3. The molecule has 0 unspecified atom stereocenters. The molecule has 0 radical (unpaired) electrons. The summed E-state index contributed by atoms with van der Waals surface area (Å²) in [5.74, 6) is 0.552. The van der Waals surface area contributed by atoms with Gasteiger partial charge in [0.1, 0.15) is 0 Å². The van der Waals surface area contributed by atoms with E-state index in [9.17, 15) is 9.90 Å². The molecule has 3 N–H and O–H groups in total. The van der Waals surface area contributed by atoms with Crippen molar-refractivity contribution in [3.8, 4) is 0 Å². The highest BCUT2D eigenvalue weighted by Crippen LogP contribution is 2.28. The van der Waals surface area contributed by atoms with Gasteiger partial charge in [-0.15, -0.1) is 0 Å². The van der Waals surface area contributed by atoms with Crippen LogP contribution >= 0.6 is 0 Å². The fraction of sp³-hybridized carbons (Fsp3) is 0.923. The molecule has 17 heavy (non-hydrogen) atoms.